The molecule has 1 aliphatic rings. The van der Waals surface area contributed by atoms with Gasteiger partial charge < -0.3 is 16.0 Å². The van der Waals surface area contributed by atoms with Crippen molar-refractivity contribution in [1.29, 1.82) is 0 Å². The molecular formula is C25H24ClN3O2. The fourth-order valence-corrected chi connectivity index (χ4v) is 4.09. The molecule has 3 aromatic carbocycles. The fraction of sp³-hybridized carbons (Fsp3) is 0.200. The van der Waals surface area contributed by atoms with Crippen LogP contribution in [-0.4, -0.2) is 23.3 Å². The van der Waals surface area contributed by atoms with E-state index in [1.807, 2.05) is 73.7 Å². The van der Waals surface area contributed by atoms with E-state index in [2.05, 4.69) is 5.32 Å². The lowest BCUT2D eigenvalue weighted by Crippen LogP contribution is -2.37. The number of carbonyl (C=O) groups is 2. The summed E-state index contributed by atoms with van der Waals surface area (Å²) < 4.78 is 0. The highest BCUT2D eigenvalue weighted by molar-refractivity contribution is 6.30. The Morgan fingerprint density at radius 1 is 1.06 bits per heavy atom. The Balaban J connectivity index is 1.60. The number of nitrogens with one attached hydrogen (secondary N) is 1. The molecule has 158 valence electrons. The highest BCUT2D eigenvalue weighted by atomic mass is 35.5. The quantitative estimate of drug-likeness (QED) is 0.589. The average Bonchev–Trinajstić information content (AvgIpc) is 3.06. The lowest BCUT2D eigenvalue weighted by atomic mass is 9.99. The molecule has 6 heteroatoms. The molecule has 2 amide bonds. The summed E-state index contributed by atoms with van der Waals surface area (Å²) >= 11 is 6.01. The van der Waals surface area contributed by atoms with Gasteiger partial charge in [-0.05, 0) is 52.9 Å². The molecule has 4 rings (SSSR count). The Bertz CT molecular complexity index is 1100. The van der Waals surface area contributed by atoms with Crippen molar-refractivity contribution >= 4 is 29.1 Å². The summed E-state index contributed by atoms with van der Waals surface area (Å²) in [7, 11) is 0. The molecule has 3 aromatic rings. The van der Waals surface area contributed by atoms with Gasteiger partial charge in [-0.25, -0.2) is 0 Å². The Kier molecular flexibility index (Phi) is 6.07. The van der Waals surface area contributed by atoms with Gasteiger partial charge in [-0.3, -0.25) is 9.59 Å². The van der Waals surface area contributed by atoms with Crippen molar-refractivity contribution in [3.05, 3.63) is 100 Å². The standard InChI is InChI=1S/C25H24ClN3O2/c1-16(18-8-10-19(26)11-9-18)15-29-23(21-4-2-3-5-22(21)25(29)31)24(30)28-20-12-6-17(14-27)7-13-20/h2-13,16,23H,14-15,27H2,1H3,(H,28,30). The second-order valence-corrected chi connectivity index (χ2v) is 8.23. The number of fused-ring (bicyclic) bond motifs is 1. The average molecular weight is 434 g/mol. The van der Waals surface area contributed by atoms with Crippen molar-refractivity contribution in [3.63, 3.8) is 0 Å². The lowest BCUT2D eigenvalue weighted by Gasteiger charge is -2.27. The molecule has 0 saturated heterocycles. The van der Waals surface area contributed by atoms with Crippen molar-refractivity contribution in [3.8, 4) is 0 Å². The van der Waals surface area contributed by atoms with Gasteiger partial charge in [-0.2, -0.15) is 0 Å². The summed E-state index contributed by atoms with van der Waals surface area (Å²) in [6.45, 7) is 2.90. The van der Waals surface area contributed by atoms with Gasteiger partial charge in [0.2, 0.25) is 0 Å². The predicted molar refractivity (Wildman–Crippen MR) is 123 cm³/mol. The van der Waals surface area contributed by atoms with Crippen LogP contribution in [0.15, 0.2) is 72.8 Å². The van der Waals surface area contributed by atoms with Crippen molar-refractivity contribution in [2.24, 2.45) is 5.73 Å². The third-order valence-electron chi connectivity index (χ3n) is 5.67. The van der Waals surface area contributed by atoms with E-state index in [0.717, 1.165) is 16.7 Å². The van der Waals surface area contributed by atoms with Crippen molar-refractivity contribution in [2.45, 2.75) is 25.4 Å². The van der Waals surface area contributed by atoms with Crippen LogP contribution in [0.25, 0.3) is 0 Å². The first kappa shape index (κ1) is 21.1. The maximum absolute atomic E-state index is 13.3. The molecule has 1 aliphatic heterocycles. The van der Waals surface area contributed by atoms with Gasteiger partial charge in [0.1, 0.15) is 6.04 Å². The van der Waals surface area contributed by atoms with Crippen molar-refractivity contribution in [2.75, 3.05) is 11.9 Å². The van der Waals surface area contributed by atoms with Crippen LogP contribution in [0.5, 0.6) is 0 Å². The maximum atomic E-state index is 13.3. The van der Waals surface area contributed by atoms with E-state index >= 15 is 0 Å². The molecular weight excluding hydrogens is 410 g/mol. The van der Waals surface area contributed by atoms with Crippen LogP contribution in [0.2, 0.25) is 5.02 Å². The van der Waals surface area contributed by atoms with Crippen LogP contribution >= 0.6 is 11.6 Å². The van der Waals surface area contributed by atoms with Crippen LogP contribution in [0.1, 0.15) is 45.9 Å². The van der Waals surface area contributed by atoms with E-state index in [1.54, 1.807) is 11.0 Å². The van der Waals surface area contributed by atoms with Crippen LogP contribution in [-0.2, 0) is 11.3 Å². The van der Waals surface area contributed by atoms with Crippen LogP contribution < -0.4 is 11.1 Å². The Morgan fingerprint density at radius 2 is 1.74 bits per heavy atom. The highest BCUT2D eigenvalue weighted by Gasteiger charge is 2.41. The summed E-state index contributed by atoms with van der Waals surface area (Å²) in [5.74, 6) is -0.327. The summed E-state index contributed by atoms with van der Waals surface area (Å²) in [6, 6.07) is 21.6. The van der Waals surface area contributed by atoms with Crippen molar-refractivity contribution in [1.82, 2.24) is 4.90 Å². The largest absolute Gasteiger partial charge is 0.326 e. The Labute approximate surface area is 186 Å². The molecule has 3 N–H and O–H groups in total. The maximum Gasteiger partial charge on any atom is 0.255 e. The van der Waals surface area contributed by atoms with E-state index in [9.17, 15) is 9.59 Å². The second-order valence-electron chi connectivity index (χ2n) is 7.79. The summed E-state index contributed by atoms with van der Waals surface area (Å²) in [5, 5.41) is 3.62. The number of amides is 2. The van der Waals surface area contributed by atoms with Crippen LogP contribution in [0.3, 0.4) is 0 Å². The zero-order valence-electron chi connectivity index (χ0n) is 17.2. The SMILES string of the molecule is CC(CN1C(=O)c2ccccc2C1C(=O)Nc1ccc(CN)cc1)c1ccc(Cl)cc1. The van der Waals surface area contributed by atoms with Crippen LogP contribution in [0, 0.1) is 0 Å². The van der Waals surface area contributed by atoms with Gasteiger partial charge >= 0.3 is 0 Å². The number of hydrogen-bond donors (Lipinski definition) is 2. The zero-order valence-corrected chi connectivity index (χ0v) is 18.0. The van der Waals surface area contributed by atoms with Gasteiger partial charge in [0.05, 0.1) is 0 Å². The van der Waals surface area contributed by atoms with E-state index < -0.39 is 6.04 Å². The minimum absolute atomic E-state index is 0.0367. The van der Waals surface area contributed by atoms with E-state index in [4.69, 9.17) is 17.3 Å². The summed E-state index contributed by atoms with van der Waals surface area (Å²) in [4.78, 5) is 28.1. The second kappa shape index (κ2) is 8.92. The smallest absolute Gasteiger partial charge is 0.255 e. The molecule has 0 fully saturated rings. The molecule has 2 atom stereocenters. The molecule has 0 radical (unpaired) electrons. The Morgan fingerprint density at radius 3 is 2.42 bits per heavy atom. The minimum atomic E-state index is -0.687. The Hall–Kier alpha value is -3.15. The zero-order chi connectivity index (χ0) is 22.0. The van der Waals surface area contributed by atoms with Crippen molar-refractivity contribution < 1.29 is 9.59 Å². The molecule has 0 aliphatic carbocycles. The van der Waals surface area contributed by atoms with Gasteiger partial charge in [-0.1, -0.05) is 61.0 Å². The van der Waals surface area contributed by atoms with E-state index in [0.29, 0.717) is 29.4 Å². The predicted octanol–water partition coefficient (Wildman–Crippen LogP) is 4.74. The number of benzene rings is 3. The first-order valence-corrected chi connectivity index (χ1v) is 10.6. The first-order valence-electron chi connectivity index (χ1n) is 10.2. The molecule has 1 heterocycles. The first-order chi connectivity index (χ1) is 15.0. The summed E-state index contributed by atoms with van der Waals surface area (Å²) in [5.41, 5.74) is 9.67. The molecule has 5 nitrogen and oxygen atoms in total. The number of nitrogens with two attached hydrogens (primary N) is 1. The van der Waals surface area contributed by atoms with Crippen LogP contribution in [0.4, 0.5) is 5.69 Å². The van der Waals surface area contributed by atoms with E-state index in [1.165, 1.54) is 0 Å². The monoisotopic (exact) mass is 433 g/mol. The third kappa shape index (κ3) is 4.33. The molecule has 0 spiro atoms. The minimum Gasteiger partial charge on any atom is -0.326 e. The molecule has 2 unspecified atom stereocenters. The summed E-state index contributed by atoms with van der Waals surface area (Å²) in [6.07, 6.45) is 0. The fourth-order valence-electron chi connectivity index (χ4n) is 3.97. The molecule has 31 heavy (non-hydrogen) atoms. The number of nitrogens with zero attached hydrogens (tertiary/aromatic N) is 1. The third-order valence-corrected chi connectivity index (χ3v) is 5.93. The number of halogens is 1. The van der Waals surface area contributed by atoms with E-state index in [-0.39, 0.29) is 17.7 Å². The highest BCUT2D eigenvalue weighted by Crippen LogP contribution is 2.36. The molecule has 0 bridgehead atoms. The normalized spacial score (nSPS) is 16.2. The number of anilines is 1. The van der Waals surface area contributed by atoms with Gasteiger partial charge in [0, 0.05) is 29.4 Å². The number of carbonyl (C=O) groups excluding carboxylic acids is 2. The molecule has 0 saturated carbocycles. The van der Waals surface area contributed by atoms with Gasteiger partial charge in [0.15, 0.2) is 0 Å². The number of hydrogen-bond acceptors (Lipinski definition) is 3. The topological polar surface area (TPSA) is 75.4 Å². The number of rotatable bonds is 6. The lowest BCUT2D eigenvalue weighted by molar-refractivity contribution is -0.120. The van der Waals surface area contributed by atoms with Gasteiger partial charge in [-0.15, -0.1) is 0 Å². The van der Waals surface area contributed by atoms with Gasteiger partial charge in [0.25, 0.3) is 11.8 Å². The molecule has 0 aromatic heterocycles.